The maximum atomic E-state index is 12.2. The number of nitrogens with zero attached hydrogens (tertiary/aromatic N) is 3. The number of aromatic nitrogens is 2. The van der Waals surface area contributed by atoms with E-state index in [2.05, 4.69) is 22.5 Å². The van der Waals surface area contributed by atoms with Crippen molar-refractivity contribution in [2.24, 2.45) is 0 Å². The van der Waals surface area contributed by atoms with Gasteiger partial charge >= 0.3 is 6.03 Å². The van der Waals surface area contributed by atoms with E-state index in [1.54, 1.807) is 29.9 Å². The van der Waals surface area contributed by atoms with Gasteiger partial charge in [-0.05, 0) is 24.3 Å². The van der Waals surface area contributed by atoms with Crippen LogP contribution in [0.25, 0.3) is 5.69 Å². The molecule has 1 N–H and O–H groups in total. The Hall–Kier alpha value is -2.73. The lowest BCUT2D eigenvalue weighted by molar-refractivity contribution is 0.207. The zero-order valence-electron chi connectivity index (χ0n) is 14.7. The molecule has 0 spiro atoms. The van der Waals surface area contributed by atoms with E-state index in [0.29, 0.717) is 13.1 Å². The van der Waals surface area contributed by atoms with Crippen LogP contribution in [0.4, 0.5) is 4.79 Å². The van der Waals surface area contributed by atoms with Gasteiger partial charge in [0.25, 0.3) is 0 Å². The van der Waals surface area contributed by atoms with Gasteiger partial charge in [0.2, 0.25) is 0 Å². The molecule has 0 saturated heterocycles. The van der Waals surface area contributed by atoms with Crippen molar-refractivity contribution in [3.8, 4) is 5.69 Å². The summed E-state index contributed by atoms with van der Waals surface area (Å²) in [7, 11) is 1.79. The summed E-state index contributed by atoms with van der Waals surface area (Å²) in [4.78, 5) is 15.1. The van der Waals surface area contributed by atoms with E-state index >= 15 is 0 Å². The van der Waals surface area contributed by atoms with Crippen molar-refractivity contribution < 1.29 is 4.79 Å². The minimum Gasteiger partial charge on any atom is -0.337 e. The number of thioether (sulfide) groups is 1. The van der Waals surface area contributed by atoms with Crippen LogP contribution in [0, 0.1) is 0 Å². The first-order valence-corrected chi connectivity index (χ1v) is 9.47. The molecule has 2 amide bonds. The molecule has 6 heteroatoms. The van der Waals surface area contributed by atoms with E-state index in [1.807, 2.05) is 59.4 Å². The molecular formula is C20H22N4OS. The molecule has 3 rings (SSSR count). The van der Waals surface area contributed by atoms with E-state index in [9.17, 15) is 4.79 Å². The molecule has 3 aromatic rings. The second-order valence-electron chi connectivity index (χ2n) is 5.88. The molecule has 0 radical (unpaired) electrons. The summed E-state index contributed by atoms with van der Waals surface area (Å²) < 4.78 is 1.82. The second kappa shape index (κ2) is 9.10. The fourth-order valence-electron chi connectivity index (χ4n) is 2.49. The van der Waals surface area contributed by atoms with Crippen LogP contribution in [0.2, 0.25) is 0 Å². The predicted octanol–water partition coefficient (Wildman–Crippen LogP) is 3.81. The molecule has 1 aromatic heterocycles. The maximum Gasteiger partial charge on any atom is 0.317 e. The Bertz CT molecular complexity index is 820. The highest BCUT2D eigenvalue weighted by atomic mass is 32.2. The minimum atomic E-state index is -0.0777. The summed E-state index contributed by atoms with van der Waals surface area (Å²) in [6.07, 6.45) is 3.74. The number of urea groups is 1. The van der Waals surface area contributed by atoms with Crippen LogP contribution in [0.5, 0.6) is 0 Å². The average molecular weight is 366 g/mol. The van der Waals surface area contributed by atoms with Gasteiger partial charge < -0.3 is 10.2 Å². The number of para-hydroxylation sites is 1. The third-order valence-corrected chi connectivity index (χ3v) is 4.83. The van der Waals surface area contributed by atoms with Crippen molar-refractivity contribution in [3.63, 3.8) is 0 Å². The van der Waals surface area contributed by atoms with Crippen LogP contribution in [0.3, 0.4) is 0 Å². The lowest BCUT2D eigenvalue weighted by Crippen LogP contribution is -2.37. The van der Waals surface area contributed by atoms with E-state index in [1.165, 1.54) is 4.90 Å². The summed E-state index contributed by atoms with van der Waals surface area (Å²) in [6, 6.07) is 20.0. The predicted molar refractivity (Wildman–Crippen MR) is 106 cm³/mol. The fraction of sp³-hybridized carbons (Fsp3) is 0.200. The maximum absolute atomic E-state index is 12.2. The standard InChI is InChI=1S/C20H22N4OS/c1-23(20(25)21-12-13-26-19-10-6-3-7-11-19)15-17-14-22-24(16-17)18-8-4-2-5-9-18/h2-11,14,16H,12-13,15H2,1H3,(H,21,25). The molecule has 5 nitrogen and oxygen atoms in total. The second-order valence-corrected chi connectivity index (χ2v) is 7.05. The number of benzene rings is 2. The van der Waals surface area contributed by atoms with Crippen LogP contribution in [0.15, 0.2) is 78.0 Å². The van der Waals surface area contributed by atoms with Gasteiger partial charge in [-0.15, -0.1) is 11.8 Å². The molecule has 2 aromatic carbocycles. The zero-order chi connectivity index (χ0) is 18.2. The van der Waals surface area contributed by atoms with Crippen LogP contribution < -0.4 is 5.32 Å². The van der Waals surface area contributed by atoms with E-state index in [0.717, 1.165) is 17.0 Å². The number of carbonyl (C=O) groups is 1. The average Bonchev–Trinajstić information content (AvgIpc) is 3.15. The van der Waals surface area contributed by atoms with E-state index < -0.39 is 0 Å². The van der Waals surface area contributed by atoms with Crippen molar-refractivity contribution in [1.29, 1.82) is 0 Å². The molecule has 0 unspecified atom stereocenters. The fourth-order valence-corrected chi connectivity index (χ4v) is 3.28. The van der Waals surface area contributed by atoms with Gasteiger partial charge in [0, 0.05) is 36.0 Å². The van der Waals surface area contributed by atoms with Gasteiger partial charge in [-0.25, -0.2) is 9.48 Å². The summed E-state index contributed by atoms with van der Waals surface area (Å²) in [5.74, 6) is 0.843. The first-order chi connectivity index (χ1) is 12.7. The van der Waals surface area contributed by atoms with Crippen molar-refractivity contribution in [3.05, 3.63) is 78.6 Å². The number of hydrogen-bond donors (Lipinski definition) is 1. The van der Waals surface area contributed by atoms with Crippen LogP contribution in [-0.2, 0) is 6.54 Å². The Morgan fingerprint density at radius 3 is 2.54 bits per heavy atom. The highest BCUT2D eigenvalue weighted by molar-refractivity contribution is 7.99. The van der Waals surface area contributed by atoms with Crippen molar-refractivity contribution in [1.82, 2.24) is 20.0 Å². The molecule has 0 saturated carbocycles. The Labute approximate surface area is 158 Å². The number of hydrogen-bond acceptors (Lipinski definition) is 3. The van der Waals surface area contributed by atoms with Gasteiger partial charge in [-0.3, -0.25) is 0 Å². The molecule has 0 atom stereocenters. The van der Waals surface area contributed by atoms with Gasteiger partial charge in [0.15, 0.2) is 0 Å². The Morgan fingerprint density at radius 1 is 1.12 bits per heavy atom. The first-order valence-electron chi connectivity index (χ1n) is 8.48. The summed E-state index contributed by atoms with van der Waals surface area (Å²) in [5, 5.41) is 7.31. The molecule has 0 bridgehead atoms. The largest absolute Gasteiger partial charge is 0.337 e. The molecule has 0 fully saturated rings. The third-order valence-electron chi connectivity index (χ3n) is 3.81. The lowest BCUT2D eigenvalue weighted by Gasteiger charge is -2.17. The number of nitrogens with one attached hydrogen (secondary N) is 1. The monoisotopic (exact) mass is 366 g/mol. The molecule has 134 valence electrons. The van der Waals surface area contributed by atoms with E-state index in [4.69, 9.17) is 0 Å². The molecule has 26 heavy (non-hydrogen) atoms. The van der Waals surface area contributed by atoms with Crippen LogP contribution >= 0.6 is 11.8 Å². The Kier molecular flexibility index (Phi) is 6.33. The van der Waals surface area contributed by atoms with Crippen molar-refractivity contribution in [2.45, 2.75) is 11.4 Å². The first kappa shape index (κ1) is 18.1. The summed E-state index contributed by atoms with van der Waals surface area (Å²) in [6.45, 7) is 1.15. The van der Waals surface area contributed by atoms with Gasteiger partial charge in [0.1, 0.15) is 0 Å². The molecule has 0 aliphatic rings. The molecule has 0 aliphatic carbocycles. The number of rotatable bonds is 7. The van der Waals surface area contributed by atoms with Crippen molar-refractivity contribution in [2.75, 3.05) is 19.3 Å². The lowest BCUT2D eigenvalue weighted by atomic mass is 10.3. The molecule has 0 aliphatic heterocycles. The zero-order valence-corrected chi connectivity index (χ0v) is 15.5. The van der Waals surface area contributed by atoms with Gasteiger partial charge in [-0.1, -0.05) is 36.4 Å². The summed E-state index contributed by atoms with van der Waals surface area (Å²) >= 11 is 1.73. The normalized spacial score (nSPS) is 10.5. The van der Waals surface area contributed by atoms with Gasteiger partial charge in [-0.2, -0.15) is 5.10 Å². The molecular weight excluding hydrogens is 344 g/mol. The number of carbonyl (C=O) groups excluding carboxylic acids is 1. The SMILES string of the molecule is CN(Cc1cnn(-c2ccccc2)c1)C(=O)NCCSc1ccccc1. The van der Waals surface area contributed by atoms with Crippen LogP contribution in [-0.4, -0.2) is 40.1 Å². The van der Waals surface area contributed by atoms with Crippen LogP contribution in [0.1, 0.15) is 5.56 Å². The Balaban J connectivity index is 1.43. The highest BCUT2D eigenvalue weighted by Crippen LogP contribution is 2.15. The summed E-state index contributed by atoms with van der Waals surface area (Å²) in [5.41, 5.74) is 1.99. The topological polar surface area (TPSA) is 50.2 Å². The highest BCUT2D eigenvalue weighted by Gasteiger charge is 2.10. The smallest absolute Gasteiger partial charge is 0.317 e. The van der Waals surface area contributed by atoms with E-state index in [-0.39, 0.29) is 6.03 Å². The quantitative estimate of drug-likeness (QED) is 0.511. The number of amides is 2. The minimum absolute atomic E-state index is 0.0777. The molecule has 1 heterocycles. The Morgan fingerprint density at radius 2 is 1.81 bits per heavy atom. The third kappa shape index (κ3) is 5.13. The van der Waals surface area contributed by atoms with Crippen molar-refractivity contribution >= 4 is 17.8 Å². The van der Waals surface area contributed by atoms with Gasteiger partial charge in [0.05, 0.1) is 18.4 Å².